The second kappa shape index (κ2) is 8.91. The van der Waals surface area contributed by atoms with E-state index in [1.54, 1.807) is 0 Å². The number of nitrogens with one attached hydrogen (secondary N) is 2. The van der Waals surface area contributed by atoms with E-state index in [1.165, 1.54) is 24.3 Å². The summed E-state index contributed by atoms with van der Waals surface area (Å²) in [5.74, 6) is -0.769. The molecule has 0 aliphatic carbocycles. The Hall–Kier alpha value is -3.13. The number of ketones is 1. The number of carbonyl (C=O) groups is 2. The lowest BCUT2D eigenvalue weighted by Gasteiger charge is -2.06. The molecular formula is C21H22N2O5S. The Kier molecular flexibility index (Phi) is 6.33. The molecule has 0 aliphatic rings. The summed E-state index contributed by atoms with van der Waals surface area (Å²) in [4.78, 5) is 27.3. The number of rotatable bonds is 9. The van der Waals surface area contributed by atoms with Gasteiger partial charge in [0.1, 0.15) is 0 Å². The number of aromatic amines is 1. The van der Waals surface area contributed by atoms with Gasteiger partial charge in [-0.3, -0.25) is 14.3 Å². The molecule has 29 heavy (non-hydrogen) atoms. The van der Waals surface area contributed by atoms with E-state index in [0.29, 0.717) is 17.7 Å². The molecule has 3 rings (SSSR count). The summed E-state index contributed by atoms with van der Waals surface area (Å²) in [7, 11) is -3.38. The second-order valence-corrected chi connectivity index (χ2v) is 8.50. The molecule has 3 aromatic rings. The molecule has 0 bridgehead atoms. The monoisotopic (exact) mass is 414 g/mol. The van der Waals surface area contributed by atoms with E-state index in [-0.39, 0.29) is 18.8 Å². The quantitative estimate of drug-likeness (QED) is 0.413. The zero-order valence-corrected chi connectivity index (χ0v) is 16.8. The molecule has 0 aliphatic heterocycles. The Morgan fingerprint density at radius 2 is 1.79 bits per heavy atom. The number of aromatic nitrogens is 1. The van der Waals surface area contributed by atoms with Crippen molar-refractivity contribution < 1.29 is 22.7 Å². The number of Topliss-reactive ketones (excluding diaryl/α,β-unsaturated/α-hetero) is 1. The number of para-hydroxylation sites is 1. The van der Waals surface area contributed by atoms with Gasteiger partial charge in [0.25, 0.3) is 0 Å². The summed E-state index contributed by atoms with van der Waals surface area (Å²) in [6, 6.07) is 13.9. The minimum atomic E-state index is -3.38. The molecule has 0 amide bonds. The third-order valence-corrected chi connectivity index (χ3v) is 4.98. The third kappa shape index (κ3) is 5.92. The standard InChI is InChI=1S/C21H22N2O5S/c1-29(26,27)23-17-11-9-15(10-12-17)20(24)14-28-21(25)8-4-5-16-13-22-19-7-3-2-6-18(16)19/h2-3,6-7,9-13,22-23H,4-5,8,14H2,1H3. The normalized spacial score (nSPS) is 11.3. The molecule has 152 valence electrons. The molecule has 0 fully saturated rings. The number of carbonyl (C=O) groups excluding carboxylic acids is 2. The Labute approximate surface area is 169 Å². The Morgan fingerprint density at radius 3 is 2.52 bits per heavy atom. The molecule has 0 saturated carbocycles. The van der Waals surface area contributed by atoms with Gasteiger partial charge in [0, 0.05) is 34.8 Å². The van der Waals surface area contributed by atoms with Crippen LogP contribution in [0.25, 0.3) is 10.9 Å². The zero-order valence-electron chi connectivity index (χ0n) is 16.0. The summed E-state index contributed by atoms with van der Waals surface area (Å²) < 4.78 is 29.8. The Balaban J connectivity index is 1.43. The second-order valence-electron chi connectivity index (χ2n) is 6.75. The lowest BCUT2D eigenvalue weighted by atomic mass is 10.1. The predicted molar refractivity (Wildman–Crippen MR) is 111 cm³/mol. The van der Waals surface area contributed by atoms with Crippen LogP contribution in [0.3, 0.4) is 0 Å². The molecule has 0 unspecified atom stereocenters. The molecule has 8 heteroatoms. The van der Waals surface area contributed by atoms with E-state index in [9.17, 15) is 18.0 Å². The maximum atomic E-state index is 12.1. The average molecular weight is 414 g/mol. The fourth-order valence-electron chi connectivity index (χ4n) is 3.00. The molecule has 1 heterocycles. The van der Waals surface area contributed by atoms with Crippen LogP contribution >= 0.6 is 0 Å². The van der Waals surface area contributed by atoms with Gasteiger partial charge >= 0.3 is 5.97 Å². The summed E-state index contributed by atoms with van der Waals surface area (Å²) in [6.07, 6.45) is 4.58. The largest absolute Gasteiger partial charge is 0.457 e. The van der Waals surface area contributed by atoms with E-state index in [4.69, 9.17) is 4.74 Å². The predicted octanol–water partition coefficient (Wildman–Crippen LogP) is 3.29. The Morgan fingerprint density at radius 1 is 1.07 bits per heavy atom. The van der Waals surface area contributed by atoms with Crippen LogP contribution in [-0.2, 0) is 26.0 Å². The highest BCUT2D eigenvalue weighted by molar-refractivity contribution is 7.92. The van der Waals surface area contributed by atoms with Gasteiger partial charge in [-0.05, 0) is 48.7 Å². The van der Waals surface area contributed by atoms with Crippen LogP contribution in [-0.4, -0.2) is 38.0 Å². The van der Waals surface area contributed by atoms with Crippen molar-refractivity contribution in [3.05, 3.63) is 65.9 Å². The number of aryl methyl sites for hydroxylation is 1. The fourth-order valence-corrected chi connectivity index (χ4v) is 3.57. The molecule has 2 aromatic carbocycles. The summed E-state index contributed by atoms with van der Waals surface area (Å²) >= 11 is 0. The van der Waals surface area contributed by atoms with E-state index < -0.39 is 16.0 Å². The number of esters is 1. The summed E-state index contributed by atoms with van der Waals surface area (Å²) in [5.41, 5.74) is 2.91. The van der Waals surface area contributed by atoms with Crippen LogP contribution in [0.15, 0.2) is 54.7 Å². The topological polar surface area (TPSA) is 105 Å². The molecule has 7 nitrogen and oxygen atoms in total. The van der Waals surface area contributed by atoms with E-state index in [0.717, 1.165) is 29.1 Å². The van der Waals surface area contributed by atoms with Crippen LogP contribution in [0, 0.1) is 0 Å². The van der Waals surface area contributed by atoms with Crippen LogP contribution in [0.4, 0.5) is 5.69 Å². The maximum Gasteiger partial charge on any atom is 0.306 e. The van der Waals surface area contributed by atoms with Gasteiger partial charge in [0.15, 0.2) is 12.4 Å². The van der Waals surface area contributed by atoms with E-state index in [2.05, 4.69) is 9.71 Å². The minimum absolute atomic E-state index is 0.226. The fraction of sp³-hybridized carbons (Fsp3) is 0.238. The maximum absolute atomic E-state index is 12.1. The van der Waals surface area contributed by atoms with Crippen molar-refractivity contribution in [3.63, 3.8) is 0 Å². The molecule has 0 atom stereocenters. The highest BCUT2D eigenvalue weighted by Gasteiger charge is 2.11. The van der Waals surface area contributed by atoms with Crippen molar-refractivity contribution in [2.75, 3.05) is 17.6 Å². The minimum Gasteiger partial charge on any atom is -0.457 e. The number of benzene rings is 2. The van der Waals surface area contributed by atoms with Crippen molar-refractivity contribution >= 4 is 38.4 Å². The zero-order chi connectivity index (χ0) is 20.9. The average Bonchev–Trinajstić information content (AvgIpc) is 3.09. The van der Waals surface area contributed by atoms with Crippen molar-refractivity contribution in [3.8, 4) is 0 Å². The van der Waals surface area contributed by atoms with Crippen LogP contribution in [0.2, 0.25) is 0 Å². The molecule has 0 saturated heterocycles. The number of H-pyrrole nitrogens is 1. The third-order valence-electron chi connectivity index (χ3n) is 4.38. The van der Waals surface area contributed by atoms with E-state index >= 15 is 0 Å². The van der Waals surface area contributed by atoms with Gasteiger partial charge in [-0.2, -0.15) is 0 Å². The number of hydrogen-bond donors (Lipinski definition) is 2. The highest BCUT2D eigenvalue weighted by Crippen LogP contribution is 2.19. The number of ether oxygens (including phenoxy) is 1. The molecule has 2 N–H and O–H groups in total. The van der Waals surface area contributed by atoms with Crippen molar-refractivity contribution in [2.24, 2.45) is 0 Å². The number of anilines is 1. The van der Waals surface area contributed by atoms with Crippen molar-refractivity contribution in [2.45, 2.75) is 19.3 Å². The van der Waals surface area contributed by atoms with E-state index in [1.807, 2.05) is 30.5 Å². The molecular weight excluding hydrogens is 392 g/mol. The number of fused-ring (bicyclic) bond motifs is 1. The molecule has 0 spiro atoms. The first-order valence-electron chi connectivity index (χ1n) is 9.13. The number of hydrogen-bond acceptors (Lipinski definition) is 5. The van der Waals surface area contributed by atoms with Crippen LogP contribution in [0.5, 0.6) is 0 Å². The summed E-state index contributed by atoms with van der Waals surface area (Å²) in [5, 5.41) is 1.14. The van der Waals surface area contributed by atoms with Gasteiger partial charge < -0.3 is 9.72 Å². The van der Waals surface area contributed by atoms with Crippen molar-refractivity contribution in [1.82, 2.24) is 4.98 Å². The first-order valence-corrected chi connectivity index (χ1v) is 11.0. The molecule has 0 radical (unpaired) electrons. The van der Waals surface area contributed by atoms with Crippen LogP contribution < -0.4 is 4.72 Å². The van der Waals surface area contributed by atoms with Gasteiger partial charge in [0.05, 0.1) is 6.26 Å². The Bertz CT molecular complexity index is 1120. The van der Waals surface area contributed by atoms with Crippen LogP contribution in [0.1, 0.15) is 28.8 Å². The lowest BCUT2D eigenvalue weighted by Crippen LogP contribution is -2.14. The lowest BCUT2D eigenvalue weighted by molar-refractivity contribution is -0.142. The summed E-state index contributed by atoms with van der Waals surface area (Å²) in [6.45, 7) is -0.342. The molecule has 1 aromatic heterocycles. The van der Waals surface area contributed by atoms with Gasteiger partial charge in [-0.1, -0.05) is 18.2 Å². The first-order chi connectivity index (χ1) is 13.8. The van der Waals surface area contributed by atoms with Gasteiger partial charge in [-0.15, -0.1) is 0 Å². The number of sulfonamides is 1. The highest BCUT2D eigenvalue weighted by atomic mass is 32.2. The van der Waals surface area contributed by atoms with Gasteiger partial charge in [-0.25, -0.2) is 8.42 Å². The van der Waals surface area contributed by atoms with Crippen molar-refractivity contribution in [1.29, 1.82) is 0 Å². The van der Waals surface area contributed by atoms with Gasteiger partial charge in [0.2, 0.25) is 10.0 Å². The SMILES string of the molecule is CS(=O)(=O)Nc1ccc(C(=O)COC(=O)CCCc2c[nH]c3ccccc23)cc1. The smallest absolute Gasteiger partial charge is 0.306 e. The first kappa shape index (κ1) is 20.6.